The number of nitrogens with one attached hydrogen (secondary N) is 3. The molecule has 184 valence electrons. The van der Waals surface area contributed by atoms with Crippen LogP contribution in [-0.2, 0) is 22.6 Å². The van der Waals surface area contributed by atoms with E-state index in [0.29, 0.717) is 28.5 Å². The Bertz CT molecular complexity index is 1110. The molecule has 0 spiro atoms. The molecule has 3 aromatic rings. The lowest BCUT2D eigenvalue weighted by Crippen LogP contribution is -2.47. The Labute approximate surface area is 202 Å². The van der Waals surface area contributed by atoms with Crippen molar-refractivity contribution in [3.8, 4) is 17.2 Å². The number of hydrogen-bond acceptors (Lipinski definition) is 8. The number of H-pyrrole nitrogens is 1. The molecule has 11 nitrogen and oxygen atoms in total. The van der Waals surface area contributed by atoms with Gasteiger partial charge in [-0.3, -0.25) is 4.79 Å². The van der Waals surface area contributed by atoms with Gasteiger partial charge in [-0.25, -0.2) is 15.2 Å². The Balaban J connectivity index is 1.66. The fourth-order valence-corrected chi connectivity index (χ4v) is 3.16. The first kappa shape index (κ1) is 25.1. The van der Waals surface area contributed by atoms with Crippen LogP contribution in [0.15, 0.2) is 60.1 Å². The van der Waals surface area contributed by atoms with Crippen LogP contribution in [0, 0.1) is 0 Å². The van der Waals surface area contributed by atoms with Gasteiger partial charge >= 0.3 is 6.09 Å². The van der Waals surface area contributed by atoms with E-state index in [2.05, 4.69) is 25.8 Å². The third-order valence-electron chi connectivity index (χ3n) is 4.88. The fourth-order valence-electron chi connectivity index (χ4n) is 3.16. The molecule has 35 heavy (non-hydrogen) atoms. The summed E-state index contributed by atoms with van der Waals surface area (Å²) in [6.07, 6.45) is 3.90. The van der Waals surface area contributed by atoms with Crippen LogP contribution in [0.25, 0.3) is 0 Å². The molecule has 0 aliphatic rings. The van der Waals surface area contributed by atoms with Gasteiger partial charge in [-0.2, -0.15) is 5.10 Å². The zero-order valence-corrected chi connectivity index (χ0v) is 19.6. The third kappa shape index (κ3) is 7.22. The molecular formula is C24H27N5O6. The SMILES string of the molecule is COc1cc(/C=N\NC(=O)[C@H](Cc2cnc[nH]2)NC(=O)OCc2ccccc2)cc(OC)c1OC. The van der Waals surface area contributed by atoms with Gasteiger partial charge in [0, 0.05) is 23.9 Å². The number of aromatic amines is 1. The molecule has 3 rings (SSSR count). The highest BCUT2D eigenvalue weighted by atomic mass is 16.5. The predicted octanol–water partition coefficient (Wildman–Crippen LogP) is 2.42. The lowest BCUT2D eigenvalue weighted by atomic mass is 10.1. The van der Waals surface area contributed by atoms with Crippen LogP contribution in [0.5, 0.6) is 17.2 Å². The lowest BCUT2D eigenvalue weighted by Gasteiger charge is -2.16. The smallest absolute Gasteiger partial charge is 0.408 e. The summed E-state index contributed by atoms with van der Waals surface area (Å²) in [4.78, 5) is 32.0. The summed E-state index contributed by atoms with van der Waals surface area (Å²) in [7, 11) is 4.51. The molecule has 0 saturated carbocycles. The van der Waals surface area contributed by atoms with Crippen LogP contribution in [0.2, 0.25) is 0 Å². The van der Waals surface area contributed by atoms with Gasteiger partial charge in [-0.15, -0.1) is 0 Å². The third-order valence-corrected chi connectivity index (χ3v) is 4.88. The van der Waals surface area contributed by atoms with Crippen molar-refractivity contribution in [2.24, 2.45) is 5.10 Å². The maximum absolute atomic E-state index is 12.8. The van der Waals surface area contributed by atoms with E-state index >= 15 is 0 Å². The molecule has 1 atom stereocenters. The molecule has 0 radical (unpaired) electrons. The van der Waals surface area contributed by atoms with Crippen LogP contribution in [-0.4, -0.2) is 55.6 Å². The van der Waals surface area contributed by atoms with Crippen molar-refractivity contribution in [2.75, 3.05) is 21.3 Å². The van der Waals surface area contributed by atoms with E-state index in [1.165, 1.54) is 33.9 Å². The Kier molecular flexibility index (Phi) is 9.06. The van der Waals surface area contributed by atoms with Crippen molar-refractivity contribution in [1.82, 2.24) is 20.7 Å². The second kappa shape index (κ2) is 12.6. The number of carbonyl (C=O) groups is 2. The lowest BCUT2D eigenvalue weighted by molar-refractivity contribution is -0.123. The van der Waals surface area contributed by atoms with E-state index in [1.54, 1.807) is 18.3 Å². The number of alkyl carbamates (subject to hydrolysis) is 1. The summed E-state index contributed by atoms with van der Waals surface area (Å²) in [5.74, 6) is 0.785. The maximum Gasteiger partial charge on any atom is 0.408 e. The predicted molar refractivity (Wildman–Crippen MR) is 128 cm³/mol. The monoisotopic (exact) mass is 481 g/mol. The Morgan fingerprint density at radius 2 is 1.80 bits per heavy atom. The van der Waals surface area contributed by atoms with Crippen molar-refractivity contribution in [3.63, 3.8) is 0 Å². The van der Waals surface area contributed by atoms with Crippen molar-refractivity contribution in [2.45, 2.75) is 19.1 Å². The molecule has 0 unspecified atom stereocenters. The van der Waals surface area contributed by atoms with E-state index in [1.807, 2.05) is 30.3 Å². The molecule has 2 aromatic carbocycles. The molecule has 1 aromatic heterocycles. The van der Waals surface area contributed by atoms with Gasteiger partial charge in [0.25, 0.3) is 5.91 Å². The van der Waals surface area contributed by atoms with Gasteiger partial charge in [0.05, 0.1) is 33.9 Å². The van der Waals surface area contributed by atoms with E-state index < -0.39 is 18.0 Å². The number of nitrogens with zero attached hydrogens (tertiary/aromatic N) is 2. The number of ether oxygens (including phenoxy) is 4. The Morgan fingerprint density at radius 3 is 2.40 bits per heavy atom. The number of benzene rings is 2. The topological polar surface area (TPSA) is 136 Å². The van der Waals surface area contributed by atoms with Gasteiger partial charge in [-0.05, 0) is 17.7 Å². The molecule has 0 aliphatic heterocycles. The quantitative estimate of drug-likeness (QED) is 0.283. The zero-order chi connectivity index (χ0) is 25.0. The first-order chi connectivity index (χ1) is 17.0. The second-order valence-corrected chi connectivity index (χ2v) is 7.23. The van der Waals surface area contributed by atoms with Crippen LogP contribution in [0.3, 0.4) is 0 Å². The number of hydrazone groups is 1. The summed E-state index contributed by atoms with van der Waals surface area (Å²) in [5.41, 5.74) is 4.52. The molecule has 0 bridgehead atoms. The highest BCUT2D eigenvalue weighted by Crippen LogP contribution is 2.37. The van der Waals surface area contributed by atoms with Crippen molar-refractivity contribution in [3.05, 3.63) is 71.8 Å². The van der Waals surface area contributed by atoms with Crippen LogP contribution < -0.4 is 25.0 Å². The average molecular weight is 482 g/mol. The molecule has 2 amide bonds. The molecule has 3 N–H and O–H groups in total. The standard InChI is InChI=1S/C24H27N5O6/c1-32-20-9-17(10-21(33-2)22(20)34-3)12-27-29-23(30)19(11-18-13-25-15-26-18)28-24(31)35-14-16-7-5-4-6-8-16/h4-10,12-13,15,19H,11,14H2,1-3H3,(H,25,26)(H,28,31)(H,29,30)/b27-12-/t19-/m0/s1. The van der Waals surface area contributed by atoms with Crippen molar-refractivity contribution < 1.29 is 28.5 Å². The number of aromatic nitrogens is 2. The minimum Gasteiger partial charge on any atom is -0.493 e. The number of methoxy groups -OCH3 is 3. The van der Waals surface area contributed by atoms with E-state index in [4.69, 9.17) is 18.9 Å². The van der Waals surface area contributed by atoms with Crippen molar-refractivity contribution in [1.29, 1.82) is 0 Å². The van der Waals surface area contributed by atoms with Gasteiger partial charge in [-0.1, -0.05) is 30.3 Å². The van der Waals surface area contributed by atoms with E-state index in [9.17, 15) is 9.59 Å². The van der Waals surface area contributed by atoms with E-state index in [-0.39, 0.29) is 13.0 Å². The van der Waals surface area contributed by atoms with Crippen LogP contribution in [0.1, 0.15) is 16.8 Å². The number of amides is 2. The van der Waals surface area contributed by atoms with Gasteiger partial charge in [0.2, 0.25) is 5.75 Å². The highest BCUT2D eigenvalue weighted by Gasteiger charge is 2.22. The number of rotatable bonds is 11. The summed E-state index contributed by atoms with van der Waals surface area (Å²) in [6, 6.07) is 11.6. The summed E-state index contributed by atoms with van der Waals surface area (Å²) in [5, 5.41) is 6.58. The number of imidazole rings is 1. The fraction of sp³-hybridized carbons (Fsp3) is 0.250. The zero-order valence-electron chi connectivity index (χ0n) is 19.6. The summed E-state index contributed by atoms with van der Waals surface area (Å²) >= 11 is 0. The van der Waals surface area contributed by atoms with Gasteiger partial charge < -0.3 is 29.2 Å². The molecule has 0 aliphatic carbocycles. The van der Waals surface area contributed by atoms with Crippen molar-refractivity contribution >= 4 is 18.2 Å². The largest absolute Gasteiger partial charge is 0.493 e. The van der Waals surface area contributed by atoms with Crippen LogP contribution in [0.4, 0.5) is 4.79 Å². The minimum atomic E-state index is -0.962. The molecule has 1 heterocycles. The first-order valence-corrected chi connectivity index (χ1v) is 10.6. The second-order valence-electron chi connectivity index (χ2n) is 7.23. The minimum absolute atomic E-state index is 0.0738. The maximum atomic E-state index is 12.8. The summed E-state index contributed by atoms with van der Waals surface area (Å²) < 4.78 is 21.2. The average Bonchev–Trinajstić information content (AvgIpc) is 3.40. The van der Waals surface area contributed by atoms with Gasteiger partial charge in [0.1, 0.15) is 12.6 Å². The van der Waals surface area contributed by atoms with Gasteiger partial charge in [0.15, 0.2) is 11.5 Å². The Morgan fingerprint density at radius 1 is 1.09 bits per heavy atom. The Hall–Kier alpha value is -4.54. The summed E-state index contributed by atoms with van der Waals surface area (Å²) in [6.45, 7) is 0.0738. The normalized spacial score (nSPS) is 11.5. The first-order valence-electron chi connectivity index (χ1n) is 10.6. The number of hydrogen-bond donors (Lipinski definition) is 3. The number of carbonyl (C=O) groups excluding carboxylic acids is 2. The molecular weight excluding hydrogens is 454 g/mol. The molecule has 11 heteroatoms. The molecule has 0 saturated heterocycles. The highest BCUT2D eigenvalue weighted by molar-refractivity contribution is 5.88. The van der Waals surface area contributed by atoms with E-state index in [0.717, 1.165) is 5.56 Å². The van der Waals surface area contributed by atoms with Crippen LogP contribution >= 0.6 is 0 Å². The molecule has 0 fully saturated rings.